The van der Waals surface area contributed by atoms with E-state index in [-0.39, 0.29) is 12.4 Å². The Morgan fingerprint density at radius 3 is 1.00 bits per heavy atom. The molecular weight excluding hydrogens is 104 g/mol. The molecule has 5 heavy (non-hydrogen) atoms. The fraction of sp³-hybridized carbons (Fsp3) is 1.00. The molecule has 0 aliphatic rings. The van der Waals surface area contributed by atoms with Gasteiger partial charge in [0.15, 0.2) is 0 Å². The fourth-order valence-corrected chi connectivity index (χ4v) is 0. The molecule has 34 valence electrons. The summed E-state index contributed by atoms with van der Waals surface area (Å²) in [4.78, 5) is 0. The highest BCUT2D eigenvalue weighted by Gasteiger charge is 1.77. The lowest BCUT2D eigenvalue weighted by Gasteiger charge is -1.69. The standard InChI is InChI=1S/C3H9S.ClH/c1-4(2)3;/h1-3H3;1H/q+1;/p-1. The summed E-state index contributed by atoms with van der Waals surface area (Å²) in [7, 11) is 0.639. The van der Waals surface area contributed by atoms with Crippen molar-refractivity contribution in [2.75, 3.05) is 18.8 Å². The Hall–Kier alpha value is 0.640. The van der Waals surface area contributed by atoms with Crippen LogP contribution < -0.4 is 12.4 Å². The van der Waals surface area contributed by atoms with Gasteiger partial charge in [-0.15, -0.1) is 0 Å². The van der Waals surface area contributed by atoms with Gasteiger partial charge in [-0.3, -0.25) is 0 Å². The van der Waals surface area contributed by atoms with E-state index in [2.05, 4.69) is 18.8 Å². The average Bonchev–Trinajstić information content (AvgIpc) is 0.811. The molecular formula is C3H9ClS. The first-order valence-corrected chi connectivity index (χ1v) is 3.67. The van der Waals surface area contributed by atoms with E-state index in [0.29, 0.717) is 10.9 Å². The molecule has 0 aromatic heterocycles. The predicted molar refractivity (Wildman–Crippen MR) is 25.1 cm³/mol. The summed E-state index contributed by atoms with van der Waals surface area (Å²) in [6, 6.07) is 0. The summed E-state index contributed by atoms with van der Waals surface area (Å²) in [6.07, 6.45) is 6.58. The maximum atomic E-state index is 2.19. The van der Waals surface area contributed by atoms with Crippen LogP contribution in [0.3, 0.4) is 0 Å². The molecule has 0 aliphatic heterocycles. The van der Waals surface area contributed by atoms with E-state index < -0.39 is 0 Å². The molecule has 0 nitrogen and oxygen atoms in total. The van der Waals surface area contributed by atoms with Crippen molar-refractivity contribution in [3.63, 3.8) is 0 Å². The first kappa shape index (κ1) is 9.16. The van der Waals surface area contributed by atoms with Gasteiger partial charge in [-0.05, 0) is 10.9 Å². The summed E-state index contributed by atoms with van der Waals surface area (Å²) in [6.45, 7) is 0. The summed E-state index contributed by atoms with van der Waals surface area (Å²) in [5.74, 6) is 0. The number of halogens is 1. The second-order valence-electron chi connectivity index (χ2n) is 1.22. The largest absolute Gasteiger partial charge is 1.00 e. The first-order chi connectivity index (χ1) is 1.73. The van der Waals surface area contributed by atoms with E-state index in [4.69, 9.17) is 0 Å². The van der Waals surface area contributed by atoms with Gasteiger partial charge in [-0.1, -0.05) is 0 Å². The predicted octanol–water partition coefficient (Wildman–Crippen LogP) is -2.50. The molecule has 0 rings (SSSR count). The highest BCUT2D eigenvalue weighted by molar-refractivity contribution is 7.94. The molecule has 0 saturated carbocycles. The molecule has 0 N–H and O–H groups in total. The van der Waals surface area contributed by atoms with Gasteiger partial charge >= 0.3 is 0 Å². The monoisotopic (exact) mass is 112 g/mol. The molecule has 0 bridgehead atoms. The molecule has 0 aromatic carbocycles. The van der Waals surface area contributed by atoms with E-state index in [1.165, 1.54) is 0 Å². The highest BCUT2D eigenvalue weighted by Crippen LogP contribution is 1.63. The van der Waals surface area contributed by atoms with Crippen LogP contribution in [-0.4, -0.2) is 18.8 Å². The molecule has 2 heteroatoms. The van der Waals surface area contributed by atoms with Crippen LogP contribution in [0.4, 0.5) is 0 Å². The van der Waals surface area contributed by atoms with Crippen molar-refractivity contribution >= 4 is 10.9 Å². The molecule has 0 spiro atoms. The van der Waals surface area contributed by atoms with Crippen molar-refractivity contribution in [1.29, 1.82) is 0 Å². The lowest BCUT2D eigenvalue weighted by molar-refractivity contribution is -0.00000109. The van der Waals surface area contributed by atoms with Crippen LogP contribution in [-0.2, 0) is 10.9 Å². The molecule has 0 unspecified atom stereocenters. The van der Waals surface area contributed by atoms with Crippen LogP contribution >= 0.6 is 0 Å². The Kier molecular flexibility index (Phi) is 8.50. The smallest absolute Gasteiger partial charge is 0.0969 e. The minimum absolute atomic E-state index is 0. The van der Waals surface area contributed by atoms with Gasteiger partial charge in [0, 0.05) is 0 Å². The zero-order valence-corrected chi connectivity index (χ0v) is 5.36. The average molecular weight is 113 g/mol. The minimum atomic E-state index is 0. The summed E-state index contributed by atoms with van der Waals surface area (Å²) < 4.78 is 0. The first-order valence-electron chi connectivity index (χ1n) is 1.22. The van der Waals surface area contributed by atoms with Crippen LogP contribution in [0, 0.1) is 0 Å². The number of hydrogen-bond acceptors (Lipinski definition) is 0. The van der Waals surface area contributed by atoms with E-state index >= 15 is 0 Å². The molecule has 0 fully saturated rings. The van der Waals surface area contributed by atoms with Crippen molar-refractivity contribution < 1.29 is 12.4 Å². The van der Waals surface area contributed by atoms with Crippen molar-refractivity contribution in [1.82, 2.24) is 0 Å². The fourth-order valence-electron chi connectivity index (χ4n) is 0. The molecule has 0 radical (unpaired) electrons. The highest BCUT2D eigenvalue weighted by atomic mass is 35.5. The lowest BCUT2D eigenvalue weighted by atomic mass is 11.9. The zero-order valence-electron chi connectivity index (χ0n) is 3.79. The van der Waals surface area contributed by atoms with Gasteiger partial charge in [0.25, 0.3) is 0 Å². The van der Waals surface area contributed by atoms with E-state index in [1.807, 2.05) is 0 Å². The Balaban J connectivity index is 0. The molecule has 0 amide bonds. The quantitative estimate of drug-likeness (QED) is 0.304. The van der Waals surface area contributed by atoms with Crippen molar-refractivity contribution in [3.05, 3.63) is 0 Å². The Morgan fingerprint density at radius 2 is 1.00 bits per heavy atom. The molecule has 0 atom stereocenters. The van der Waals surface area contributed by atoms with Crippen LogP contribution in [0.15, 0.2) is 0 Å². The SMILES string of the molecule is C[S+](C)C.[Cl-]. The number of hydrogen-bond donors (Lipinski definition) is 0. The van der Waals surface area contributed by atoms with Gasteiger partial charge in [0.05, 0.1) is 18.8 Å². The third-order valence-corrected chi connectivity index (χ3v) is 0. The summed E-state index contributed by atoms with van der Waals surface area (Å²) in [5, 5.41) is 0. The van der Waals surface area contributed by atoms with Gasteiger partial charge in [0.2, 0.25) is 0 Å². The second-order valence-corrected chi connectivity index (χ2v) is 3.67. The molecule has 0 aliphatic carbocycles. The molecule has 0 heterocycles. The summed E-state index contributed by atoms with van der Waals surface area (Å²) in [5.41, 5.74) is 0. The van der Waals surface area contributed by atoms with Gasteiger partial charge in [-0.25, -0.2) is 0 Å². The maximum absolute atomic E-state index is 2.19. The maximum Gasteiger partial charge on any atom is 0.0969 e. The van der Waals surface area contributed by atoms with Crippen molar-refractivity contribution in [2.24, 2.45) is 0 Å². The van der Waals surface area contributed by atoms with E-state index in [0.717, 1.165) is 0 Å². The molecule has 0 aromatic rings. The van der Waals surface area contributed by atoms with Gasteiger partial charge in [0.1, 0.15) is 0 Å². The zero-order chi connectivity index (χ0) is 3.58. The summed E-state index contributed by atoms with van der Waals surface area (Å²) >= 11 is 0. The number of rotatable bonds is 0. The Labute approximate surface area is 42.7 Å². The second kappa shape index (κ2) is 4.64. The van der Waals surface area contributed by atoms with Gasteiger partial charge in [-0.2, -0.15) is 0 Å². The van der Waals surface area contributed by atoms with E-state index in [1.54, 1.807) is 0 Å². The van der Waals surface area contributed by atoms with Crippen molar-refractivity contribution in [3.8, 4) is 0 Å². The third kappa shape index (κ3) is 79.0. The minimum Gasteiger partial charge on any atom is -1.00 e. The van der Waals surface area contributed by atoms with Crippen LogP contribution in [0.25, 0.3) is 0 Å². The molecule has 0 saturated heterocycles. The van der Waals surface area contributed by atoms with Crippen LogP contribution in [0.1, 0.15) is 0 Å². The van der Waals surface area contributed by atoms with Crippen molar-refractivity contribution in [2.45, 2.75) is 0 Å². The van der Waals surface area contributed by atoms with Crippen LogP contribution in [0.2, 0.25) is 0 Å². The van der Waals surface area contributed by atoms with Crippen LogP contribution in [0.5, 0.6) is 0 Å². The Morgan fingerprint density at radius 1 is 1.00 bits per heavy atom. The Bertz CT molecular complexity index is 11.6. The van der Waals surface area contributed by atoms with E-state index in [9.17, 15) is 0 Å². The third-order valence-electron chi connectivity index (χ3n) is 0. The lowest BCUT2D eigenvalue weighted by Crippen LogP contribution is -3.00. The topological polar surface area (TPSA) is 0 Å². The normalized spacial score (nSPS) is 7.20. The van der Waals surface area contributed by atoms with Gasteiger partial charge < -0.3 is 12.4 Å².